The van der Waals surface area contributed by atoms with Crippen LogP contribution >= 0.6 is 11.3 Å². The van der Waals surface area contributed by atoms with Gasteiger partial charge >= 0.3 is 5.91 Å². The Labute approximate surface area is 220 Å². The zero-order valence-electron chi connectivity index (χ0n) is 20.3. The topological polar surface area (TPSA) is 132 Å². The standard InChI is InChI=1S/C27H21N3O7S/c1-3-37-19-10-11-20-21(14-19)38-27(28-20)29-23(15-6-4-8-17(12-15)30(34)35)22(25(32)26(29)33)24(31)16-7-5-9-18(13-16)36-2/h4-14,23,31H,3H2,1-2H3. The normalized spacial score (nSPS) is 16.7. The minimum Gasteiger partial charge on any atom is -0.507 e. The lowest BCUT2D eigenvalue weighted by Crippen LogP contribution is -2.29. The molecule has 192 valence electrons. The number of nitro benzene ring substituents is 1. The van der Waals surface area contributed by atoms with Gasteiger partial charge in [0.25, 0.3) is 11.5 Å². The zero-order chi connectivity index (χ0) is 27.0. The Bertz CT molecular complexity index is 1630. The molecule has 11 heteroatoms. The molecule has 1 aromatic heterocycles. The van der Waals surface area contributed by atoms with Crippen molar-refractivity contribution in [3.05, 3.63) is 93.5 Å². The van der Waals surface area contributed by atoms with E-state index < -0.39 is 28.4 Å². The molecule has 10 nitrogen and oxygen atoms in total. The molecule has 0 aliphatic carbocycles. The van der Waals surface area contributed by atoms with Crippen molar-refractivity contribution >= 4 is 49.8 Å². The highest BCUT2D eigenvalue weighted by molar-refractivity contribution is 7.22. The Morgan fingerprint density at radius 3 is 2.63 bits per heavy atom. The number of carbonyl (C=O) groups excluding carboxylic acids is 2. The molecule has 1 aliphatic rings. The third-order valence-electron chi connectivity index (χ3n) is 6.05. The number of anilines is 1. The molecule has 1 saturated heterocycles. The van der Waals surface area contributed by atoms with Gasteiger partial charge in [0, 0.05) is 17.7 Å². The van der Waals surface area contributed by atoms with Crippen molar-refractivity contribution in [3.8, 4) is 11.5 Å². The highest BCUT2D eigenvalue weighted by atomic mass is 32.1. The largest absolute Gasteiger partial charge is 0.507 e. The first kappa shape index (κ1) is 24.9. The molecule has 3 aromatic carbocycles. The van der Waals surface area contributed by atoms with E-state index in [9.17, 15) is 24.8 Å². The number of thiazole rings is 1. The lowest BCUT2D eigenvalue weighted by Gasteiger charge is -2.22. The summed E-state index contributed by atoms with van der Waals surface area (Å²) in [6.45, 7) is 2.34. The van der Waals surface area contributed by atoms with Crippen molar-refractivity contribution in [2.24, 2.45) is 0 Å². The second-order valence-electron chi connectivity index (χ2n) is 8.31. The summed E-state index contributed by atoms with van der Waals surface area (Å²) in [7, 11) is 1.46. The van der Waals surface area contributed by atoms with Crippen LogP contribution in [0.25, 0.3) is 16.0 Å². The van der Waals surface area contributed by atoms with Crippen LogP contribution < -0.4 is 14.4 Å². The number of fused-ring (bicyclic) bond motifs is 1. The number of aromatic nitrogens is 1. The quantitative estimate of drug-likeness (QED) is 0.113. The SMILES string of the molecule is CCOc1ccc2nc(N3C(=O)C(=O)C(=C(O)c4cccc(OC)c4)C3c3cccc([N+](=O)[O-])c3)sc2c1. The number of ketones is 1. The number of nitro groups is 1. The van der Waals surface area contributed by atoms with E-state index in [4.69, 9.17) is 9.47 Å². The molecule has 38 heavy (non-hydrogen) atoms. The molecule has 1 atom stereocenters. The van der Waals surface area contributed by atoms with Gasteiger partial charge in [0.05, 0.1) is 40.5 Å². The van der Waals surface area contributed by atoms with Gasteiger partial charge in [-0.25, -0.2) is 4.98 Å². The van der Waals surface area contributed by atoms with Gasteiger partial charge in [-0.1, -0.05) is 35.6 Å². The van der Waals surface area contributed by atoms with Gasteiger partial charge in [-0.3, -0.25) is 24.6 Å². The van der Waals surface area contributed by atoms with E-state index in [2.05, 4.69) is 4.98 Å². The number of carbonyl (C=O) groups is 2. The average molecular weight is 532 g/mol. The summed E-state index contributed by atoms with van der Waals surface area (Å²) in [4.78, 5) is 43.5. The predicted molar refractivity (Wildman–Crippen MR) is 142 cm³/mol. The summed E-state index contributed by atoms with van der Waals surface area (Å²) >= 11 is 1.17. The first-order valence-electron chi connectivity index (χ1n) is 11.6. The Hall–Kier alpha value is -4.77. The second kappa shape index (κ2) is 9.94. The molecular formula is C27H21N3O7S. The van der Waals surface area contributed by atoms with Crippen LogP contribution in [0.3, 0.4) is 0 Å². The number of amides is 1. The van der Waals surface area contributed by atoms with Crippen LogP contribution in [0, 0.1) is 10.1 Å². The van der Waals surface area contributed by atoms with Gasteiger partial charge in [-0.05, 0) is 42.8 Å². The maximum absolute atomic E-state index is 13.4. The summed E-state index contributed by atoms with van der Waals surface area (Å²) in [5.74, 6) is -1.20. The average Bonchev–Trinajstić information content (AvgIpc) is 3.46. The molecule has 5 rings (SSSR count). The lowest BCUT2D eigenvalue weighted by atomic mass is 9.95. The van der Waals surface area contributed by atoms with Gasteiger partial charge in [0.2, 0.25) is 0 Å². The fourth-order valence-corrected chi connectivity index (χ4v) is 5.35. The van der Waals surface area contributed by atoms with Crippen LogP contribution in [0.1, 0.15) is 24.1 Å². The predicted octanol–water partition coefficient (Wildman–Crippen LogP) is 5.24. The molecule has 2 heterocycles. The number of ether oxygens (including phenoxy) is 2. The smallest absolute Gasteiger partial charge is 0.301 e. The van der Waals surface area contributed by atoms with E-state index in [1.54, 1.807) is 42.5 Å². The van der Waals surface area contributed by atoms with Crippen molar-refractivity contribution in [1.82, 2.24) is 4.98 Å². The van der Waals surface area contributed by atoms with Gasteiger partial charge < -0.3 is 14.6 Å². The third-order valence-corrected chi connectivity index (χ3v) is 7.07. The third kappa shape index (κ3) is 4.33. The van der Waals surface area contributed by atoms with Crippen molar-refractivity contribution < 1.29 is 29.1 Å². The van der Waals surface area contributed by atoms with Crippen LogP contribution in [0.2, 0.25) is 0 Å². The monoisotopic (exact) mass is 531 g/mol. The van der Waals surface area contributed by atoms with Crippen LogP contribution in [-0.4, -0.2) is 40.4 Å². The number of aliphatic hydroxyl groups is 1. The number of rotatable bonds is 7. The Kier molecular flexibility index (Phi) is 6.52. The maximum Gasteiger partial charge on any atom is 0.301 e. The summed E-state index contributed by atoms with van der Waals surface area (Å²) in [5.41, 5.74) is 0.680. The maximum atomic E-state index is 13.4. The Morgan fingerprint density at radius 2 is 1.89 bits per heavy atom. The molecular weight excluding hydrogens is 510 g/mol. The number of aliphatic hydroxyl groups excluding tert-OH is 1. The number of benzene rings is 3. The van der Waals surface area contributed by atoms with Crippen molar-refractivity contribution in [3.63, 3.8) is 0 Å². The van der Waals surface area contributed by atoms with Gasteiger partial charge in [-0.2, -0.15) is 0 Å². The van der Waals surface area contributed by atoms with E-state index in [0.29, 0.717) is 23.6 Å². The van der Waals surface area contributed by atoms with Crippen LogP contribution in [0.4, 0.5) is 10.8 Å². The van der Waals surface area contributed by atoms with E-state index in [1.165, 1.54) is 47.6 Å². The van der Waals surface area contributed by atoms with E-state index in [-0.39, 0.29) is 27.5 Å². The number of non-ortho nitro benzene ring substituents is 1. The van der Waals surface area contributed by atoms with Crippen LogP contribution in [0.5, 0.6) is 11.5 Å². The number of hydrogen-bond acceptors (Lipinski definition) is 9. The van der Waals surface area contributed by atoms with Crippen LogP contribution in [0.15, 0.2) is 72.3 Å². The highest BCUT2D eigenvalue weighted by Crippen LogP contribution is 2.45. The fourth-order valence-electron chi connectivity index (χ4n) is 4.33. The van der Waals surface area contributed by atoms with Gasteiger partial charge in [0.1, 0.15) is 17.3 Å². The second-order valence-corrected chi connectivity index (χ2v) is 9.32. The van der Waals surface area contributed by atoms with Crippen LogP contribution in [-0.2, 0) is 9.59 Å². The number of nitrogens with zero attached hydrogens (tertiary/aromatic N) is 3. The van der Waals surface area contributed by atoms with Gasteiger partial charge in [-0.15, -0.1) is 0 Å². The highest BCUT2D eigenvalue weighted by Gasteiger charge is 2.48. The number of methoxy groups -OCH3 is 1. The minimum absolute atomic E-state index is 0.206. The van der Waals surface area contributed by atoms with Crippen molar-refractivity contribution in [2.75, 3.05) is 18.6 Å². The molecule has 1 fully saturated rings. The summed E-state index contributed by atoms with van der Waals surface area (Å²) < 4.78 is 11.5. The van der Waals surface area contributed by atoms with E-state index in [1.807, 2.05) is 6.92 Å². The van der Waals surface area contributed by atoms with Crippen molar-refractivity contribution in [2.45, 2.75) is 13.0 Å². The summed E-state index contributed by atoms with van der Waals surface area (Å²) in [6.07, 6.45) is 0. The fraction of sp³-hybridized carbons (Fsp3) is 0.148. The number of hydrogen-bond donors (Lipinski definition) is 1. The number of Topliss-reactive ketones (excluding diaryl/α,β-unsaturated/α-hetero) is 1. The summed E-state index contributed by atoms with van der Waals surface area (Å²) in [5, 5.41) is 23.0. The minimum atomic E-state index is -1.16. The van der Waals surface area contributed by atoms with Crippen molar-refractivity contribution in [1.29, 1.82) is 0 Å². The first-order chi connectivity index (χ1) is 18.3. The molecule has 0 saturated carbocycles. The Morgan fingerprint density at radius 1 is 1.11 bits per heavy atom. The van der Waals surface area contributed by atoms with E-state index >= 15 is 0 Å². The summed E-state index contributed by atoms with van der Waals surface area (Å²) in [6, 6.07) is 16.2. The molecule has 1 N–H and O–H groups in total. The molecule has 4 aromatic rings. The Balaban J connectivity index is 1.72. The lowest BCUT2D eigenvalue weighted by molar-refractivity contribution is -0.384. The molecule has 0 radical (unpaired) electrons. The van der Waals surface area contributed by atoms with E-state index in [0.717, 1.165) is 4.70 Å². The zero-order valence-corrected chi connectivity index (χ0v) is 21.1. The first-order valence-corrected chi connectivity index (χ1v) is 12.4. The molecule has 0 bridgehead atoms. The molecule has 1 amide bonds. The molecule has 1 unspecified atom stereocenters. The van der Waals surface area contributed by atoms with Gasteiger partial charge in [0.15, 0.2) is 5.13 Å². The molecule has 1 aliphatic heterocycles. The molecule has 0 spiro atoms.